The highest BCUT2D eigenvalue weighted by molar-refractivity contribution is 7.86. The Morgan fingerprint density at radius 3 is 2.40 bits per heavy atom. The zero-order valence-electron chi connectivity index (χ0n) is 12.3. The SMILES string of the molecule is O=C(OC(C(F)(F)F)C(F)(F)S(=O)(=O)O)c1ccc2c(c1)CCC=C2. The first-order chi connectivity index (χ1) is 11.3. The van der Waals surface area contributed by atoms with Gasteiger partial charge >= 0.3 is 27.5 Å². The molecule has 0 saturated heterocycles. The minimum Gasteiger partial charge on any atom is -0.441 e. The number of carbonyl (C=O) groups excluding carboxylic acids is 1. The second-order valence-corrected chi connectivity index (χ2v) is 6.71. The lowest BCUT2D eigenvalue weighted by molar-refractivity contribution is -0.248. The van der Waals surface area contributed by atoms with Crippen LogP contribution in [0, 0.1) is 0 Å². The van der Waals surface area contributed by atoms with Crippen LogP contribution in [0.5, 0.6) is 0 Å². The topological polar surface area (TPSA) is 80.7 Å². The standard InChI is InChI=1S/C14H11F5O5S/c15-13(16,17)12(14(18,19)25(21,22)23)24-11(20)10-6-5-8-3-1-2-4-9(8)7-10/h1,3,5-7,12H,2,4H2,(H,21,22,23). The second kappa shape index (κ2) is 6.37. The van der Waals surface area contributed by atoms with E-state index in [1.807, 2.05) is 6.08 Å². The molecule has 1 atom stereocenters. The number of rotatable bonds is 4. The summed E-state index contributed by atoms with van der Waals surface area (Å²) in [6.07, 6.45) is -5.61. The Morgan fingerprint density at radius 2 is 1.84 bits per heavy atom. The van der Waals surface area contributed by atoms with E-state index in [2.05, 4.69) is 4.74 Å². The predicted molar refractivity (Wildman–Crippen MR) is 75.6 cm³/mol. The van der Waals surface area contributed by atoms with E-state index in [0.29, 0.717) is 24.0 Å². The van der Waals surface area contributed by atoms with Crippen LogP contribution in [0.4, 0.5) is 22.0 Å². The third-order valence-electron chi connectivity index (χ3n) is 3.43. The average Bonchev–Trinajstić information content (AvgIpc) is 2.49. The number of alkyl halides is 5. The number of allylic oxidation sites excluding steroid dienone is 1. The first-order valence-electron chi connectivity index (χ1n) is 6.76. The number of aryl methyl sites for hydroxylation is 1. The third-order valence-corrected chi connectivity index (χ3v) is 4.33. The van der Waals surface area contributed by atoms with E-state index < -0.39 is 39.2 Å². The van der Waals surface area contributed by atoms with Crippen LogP contribution < -0.4 is 0 Å². The summed E-state index contributed by atoms with van der Waals surface area (Å²) in [6.45, 7) is 0. The molecule has 138 valence electrons. The molecular formula is C14H11F5O5S. The summed E-state index contributed by atoms with van der Waals surface area (Å²) < 4.78 is 98.2. The van der Waals surface area contributed by atoms with Crippen molar-refractivity contribution in [2.75, 3.05) is 0 Å². The number of ether oxygens (including phenoxy) is 1. The fraction of sp³-hybridized carbons (Fsp3) is 0.357. The largest absolute Gasteiger partial charge is 0.441 e. The number of hydrogen-bond donors (Lipinski definition) is 1. The number of carbonyl (C=O) groups is 1. The van der Waals surface area contributed by atoms with Gasteiger partial charge in [-0.2, -0.15) is 30.4 Å². The number of hydrogen-bond acceptors (Lipinski definition) is 4. The smallest absolute Gasteiger partial charge is 0.432 e. The number of halogens is 5. The van der Waals surface area contributed by atoms with E-state index >= 15 is 0 Å². The molecule has 1 unspecified atom stereocenters. The van der Waals surface area contributed by atoms with Crippen molar-refractivity contribution in [1.82, 2.24) is 0 Å². The van der Waals surface area contributed by atoms with Gasteiger partial charge in [0.25, 0.3) is 6.10 Å². The van der Waals surface area contributed by atoms with Gasteiger partial charge in [0.05, 0.1) is 5.56 Å². The minimum absolute atomic E-state index is 0.450. The van der Waals surface area contributed by atoms with Crippen LogP contribution >= 0.6 is 0 Å². The van der Waals surface area contributed by atoms with Crippen molar-refractivity contribution >= 4 is 22.2 Å². The molecule has 0 fully saturated rings. The van der Waals surface area contributed by atoms with Gasteiger partial charge in [0.15, 0.2) is 0 Å². The lowest BCUT2D eigenvalue weighted by Crippen LogP contribution is -2.52. The maximum atomic E-state index is 13.4. The Hall–Kier alpha value is -2.01. The van der Waals surface area contributed by atoms with E-state index in [9.17, 15) is 35.2 Å². The average molecular weight is 386 g/mol. The summed E-state index contributed by atoms with van der Waals surface area (Å²) in [5.41, 5.74) is 0.856. The van der Waals surface area contributed by atoms with Gasteiger partial charge in [0.2, 0.25) is 0 Å². The molecule has 11 heteroatoms. The lowest BCUT2D eigenvalue weighted by atomic mass is 9.95. The summed E-state index contributed by atoms with van der Waals surface area (Å²) in [5, 5.41) is -5.75. The highest BCUT2D eigenvalue weighted by atomic mass is 32.2. The lowest BCUT2D eigenvalue weighted by Gasteiger charge is -2.26. The van der Waals surface area contributed by atoms with Crippen LogP contribution in [-0.4, -0.2) is 36.5 Å². The molecule has 1 N–H and O–H groups in total. The fourth-order valence-electron chi connectivity index (χ4n) is 2.20. The molecule has 2 rings (SSSR count). The molecule has 0 aromatic heterocycles. The molecule has 0 radical (unpaired) electrons. The van der Waals surface area contributed by atoms with E-state index in [-0.39, 0.29) is 0 Å². The maximum absolute atomic E-state index is 13.4. The van der Waals surface area contributed by atoms with Gasteiger partial charge in [0, 0.05) is 0 Å². The second-order valence-electron chi connectivity index (χ2n) is 5.22. The summed E-state index contributed by atoms with van der Waals surface area (Å²) in [4.78, 5) is 11.8. The molecule has 0 spiro atoms. The quantitative estimate of drug-likeness (QED) is 0.488. The molecule has 0 aliphatic heterocycles. The Bertz CT molecular complexity index is 813. The maximum Gasteiger partial charge on any atom is 0.432 e. The Kier molecular flexibility index (Phi) is 4.92. The molecule has 1 aliphatic rings. The number of esters is 1. The van der Waals surface area contributed by atoms with Gasteiger partial charge in [0.1, 0.15) is 0 Å². The van der Waals surface area contributed by atoms with Crippen LogP contribution in [0.2, 0.25) is 0 Å². The highest BCUT2D eigenvalue weighted by Crippen LogP contribution is 2.38. The molecule has 0 bridgehead atoms. The van der Waals surface area contributed by atoms with Gasteiger partial charge in [-0.3, -0.25) is 4.55 Å². The van der Waals surface area contributed by atoms with E-state index in [1.165, 1.54) is 12.1 Å². The number of fused-ring (bicyclic) bond motifs is 1. The van der Waals surface area contributed by atoms with Crippen molar-refractivity contribution in [3.8, 4) is 0 Å². The summed E-state index contributed by atoms with van der Waals surface area (Å²) >= 11 is 0. The molecule has 1 aromatic carbocycles. The monoisotopic (exact) mass is 386 g/mol. The summed E-state index contributed by atoms with van der Waals surface area (Å²) in [6, 6.07) is 3.64. The van der Waals surface area contributed by atoms with Gasteiger partial charge in [-0.1, -0.05) is 18.2 Å². The van der Waals surface area contributed by atoms with E-state index in [0.717, 1.165) is 6.07 Å². The molecule has 0 heterocycles. The fourth-order valence-corrected chi connectivity index (χ4v) is 2.65. The van der Waals surface area contributed by atoms with Crippen LogP contribution in [0.15, 0.2) is 24.3 Å². The number of benzene rings is 1. The normalized spacial score (nSPS) is 16.2. The molecule has 1 aliphatic carbocycles. The van der Waals surface area contributed by atoms with Crippen LogP contribution in [0.1, 0.15) is 27.9 Å². The highest BCUT2D eigenvalue weighted by Gasteiger charge is 2.66. The Labute approximate surface area is 138 Å². The zero-order chi connectivity index (χ0) is 19.0. The zero-order valence-corrected chi connectivity index (χ0v) is 13.1. The van der Waals surface area contributed by atoms with Crippen molar-refractivity contribution in [2.45, 2.75) is 30.4 Å². The molecule has 0 saturated carbocycles. The minimum atomic E-state index is -6.47. The van der Waals surface area contributed by atoms with Crippen molar-refractivity contribution in [1.29, 1.82) is 0 Å². The van der Waals surface area contributed by atoms with Gasteiger partial charge in [-0.25, -0.2) is 4.79 Å². The van der Waals surface area contributed by atoms with Gasteiger partial charge in [-0.15, -0.1) is 0 Å². The van der Waals surface area contributed by atoms with Crippen molar-refractivity contribution in [2.24, 2.45) is 0 Å². The molecule has 1 aromatic rings. The molecular weight excluding hydrogens is 375 g/mol. The van der Waals surface area contributed by atoms with Crippen LogP contribution in [-0.2, 0) is 21.3 Å². The summed E-state index contributed by atoms with van der Waals surface area (Å²) in [5.74, 6) is -1.79. The van der Waals surface area contributed by atoms with Gasteiger partial charge < -0.3 is 4.74 Å². The van der Waals surface area contributed by atoms with E-state index in [4.69, 9.17) is 4.55 Å². The van der Waals surface area contributed by atoms with Crippen molar-refractivity contribution in [3.05, 3.63) is 41.0 Å². The molecule has 5 nitrogen and oxygen atoms in total. The first-order valence-corrected chi connectivity index (χ1v) is 8.20. The van der Waals surface area contributed by atoms with E-state index in [1.54, 1.807) is 6.08 Å². The van der Waals surface area contributed by atoms with Crippen molar-refractivity contribution < 1.29 is 44.5 Å². The van der Waals surface area contributed by atoms with Crippen molar-refractivity contribution in [3.63, 3.8) is 0 Å². The first kappa shape index (κ1) is 19.3. The van der Waals surface area contributed by atoms with Gasteiger partial charge in [-0.05, 0) is 36.1 Å². The predicted octanol–water partition coefficient (Wildman–Crippen LogP) is 3.21. The summed E-state index contributed by atoms with van der Waals surface area (Å²) in [7, 11) is -6.47. The third kappa shape index (κ3) is 3.98. The molecule has 25 heavy (non-hydrogen) atoms. The molecule has 0 amide bonds. The Morgan fingerprint density at radius 1 is 1.20 bits per heavy atom. The Balaban J connectivity index is 2.34. The van der Waals surface area contributed by atoms with Crippen LogP contribution in [0.3, 0.4) is 0 Å². The van der Waals surface area contributed by atoms with Crippen LogP contribution in [0.25, 0.3) is 6.08 Å².